The normalized spacial score (nSPS) is 19.2. The molecule has 0 spiro atoms. The summed E-state index contributed by atoms with van der Waals surface area (Å²) in [4.78, 5) is 0. The fourth-order valence-corrected chi connectivity index (χ4v) is 2.82. The molecule has 1 aromatic carbocycles. The molecule has 1 aliphatic heterocycles. The Morgan fingerprint density at radius 2 is 1.88 bits per heavy atom. The van der Waals surface area contributed by atoms with Crippen LogP contribution in [0, 0.1) is 18.2 Å². The van der Waals surface area contributed by atoms with E-state index in [-0.39, 0.29) is 35.8 Å². The van der Waals surface area contributed by atoms with Crippen LogP contribution in [-0.2, 0) is 14.0 Å². The lowest BCUT2D eigenvalue weighted by atomic mass is 9.81. The van der Waals surface area contributed by atoms with Gasteiger partial charge < -0.3 is 14.0 Å². The first-order valence-electron chi connectivity index (χ1n) is 8.30. The van der Waals surface area contributed by atoms with Crippen LogP contribution in [0.15, 0.2) is 23.9 Å². The minimum Gasteiger partial charge on any atom is -0.398 e. The van der Waals surface area contributed by atoms with Crippen LogP contribution in [0.1, 0.15) is 39.7 Å². The van der Waals surface area contributed by atoms with E-state index in [1.807, 2.05) is 27.7 Å². The van der Waals surface area contributed by atoms with Crippen LogP contribution in [0.2, 0.25) is 5.02 Å². The SMILES string of the molecule is C#CCOCCC(=C(F)B1OC(C)(C)C(C)(C)O1)c1c(F)cccc1Cl. The quantitative estimate of drug-likeness (QED) is 0.401. The summed E-state index contributed by atoms with van der Waals surface area (Å²) in [5.41, 5.74) is -2.15. The number of ether oxygens (including phenoxy) is 1. The molecular formula is C19H22BClF2O3. The van der Waals surface area contributed by atoms with Crippen molar-refractivity contribution in [2.45, 2.75) is 45.3 Å². The minimum atomic E-state index is -1.25. The van der Waals surface area contributed by atoms with Gasteiger partial charge in [0.2, 0.25) is 0 Å². The van der Waals surface area contributed by atoms with Gasteiger partial charge in [0.25, 0.3) is 0 Å². The lowest BCUT2D eigenvalue weighted by Crippen LogP contribution is -2.41. The van der Waals surface area contributed by atoms with E-state index in [0.29, 0.717) is 0 Å². The van der Waals surface area contributed by atoms with Crippen molar-refractivity contribution in [3.8, 4) is 12.3 Å². The van der Waals surface area contributed by atoms with Gasteiger partial charge in [-0.05, 0) is 51.8 Å². The number of hydrogen-bond donors (Lipinski definition) is 0. The number of hydrogen-bond acceptors (Lipinski definition) is 3. The smallest absolute Gasteiger partial charge is 0.398 e. The molecule has 0 bridgehead atoms. The first-order valence-corrected chi connectivity index (χ1v) is 8.68. The molecule has 0 aliphatic carbocycles. The summed E-state index contributed by atoms with van der Waals surface area (Å²) in [6.45, 7) is 7.43. The molecule has 0 unspecified atom stereocenters. The summed E-state index contributed by atoms with van der Waals surface area (Å²) in [5, 5.41) is 0.101. The lowest BCUT2D eigenvalue weighted by molar-refractivity contribution is 0.00578. The highest BCUT2D eigenvalue weighted by atomic mass is 35.5. The number of terminal acetylenes is 1. The van der Waals surface area contributed by atoms with Gasteiger partial charge in [0, 0.05) is 5.56 Å². The van der Waals surface area contributed by atoms with Gasteiger partial charge in [-0.25, -0.2) is 8.78 Å². The second-order valence-electron chi connectivity index (χ2n) is 7.02. The highest BCUT2D eigenvalue weighted by molar-refractivity contribution is 6.55. The molecule has 26 heavy (non-hydrogen) atoms. The number of halogens is 3. The first-order chi connectivity index (χ1) is 12.1. The Morgan fingerprint density at radius 1 is 1.27 bits per heavy atom. The van der Waals surface area contributed by atoms with E-state index in [1.54, 1.807) is 0 Å². The zero-order valence-corrected chi connectivity index (χ0v) is 16.1. The lowest BCUT2D eigenvalue weighted by Gasteiger charge is -2.32. The van der Waals surface area contributed by atoms with E-state index in [1.165, 1.54) is 18.2 Å². The maximum Gasteiger partial charge on any atom is 0.525 e. The molecule has 1 aromatic rings. The van der Waals surface area contributed by atoms with Gasteiger partial charge in [-0.1, -0.05) is 23.6 Å². The molecule has 0 amide bonds. The van der Waals surface area contributed by atoms with Gasteiger partial charge in [-0.15, -0.1) is 6.42 Å². The van der Waals surface area contributed by atoms with Crippen LogP contribution in [0.25, 0.3) is 5.57 Å². The van der Waals surface area contributed by atoms with E-state index >= 15 is 4.39 Å². The van der Waals surface area contributed by atoms with Crippen molar-refractivity contribution < 1.29 is 22.8 Å². The van der Waals surface area contributed by atoms with E-state index in [2.05, 4.69) is 5.92 Å². The maximum absolute atomic E-state index is 15.3. The molecule has 0 radical (unpaired) electrons. The third kappa shape index (κ3) is 4.29. The summed E-state index contributed by atoms with van der Waals surface area (Å²) < 4.78 is 46.4. The molecule has 0 atom stereocenters. The van der Waals surface area contributed by atoms with Gasteiger partial charge in [-0.2, -0.15) is 0 Å². The van der Waals surface area contributed by atoms with E-state index in [0.717, 1.165) is 0 Å². The van der Waals surface area contributed by atoms with Crippen molar-refractivity contribution in [3.63, 3.8) is 0 Å². The predicted molar refractivity (Wildman–Crippen MR) is 99.8 cm³/mol. The van der Waals surface area contributed by atoms with Crippen LogP contribution in [0.4, 0.5) is 8.78 Å². The standard InChI is InChI=1S/C19H22BClF2O3/c1-6-11-24-12-10-13(16-14(21)8-7-9-15(16)22)17(23)20-25-18(2,3)19(4,5)26-20/h1,7-9H,10-12H2,2-5H3. The van der Waals surface area contributed by atoms with Gasteiger partial charge in [0.05, 0.1) is 22.8 Å². The number of rotatable bonds is 6. The molecule has 3 nitrogen and oxygen atoms in total. The average molecular weight is 383 g/mol. The van der Waals surface area contributed by atoms with E-state index in [4.69, 9.17) is 32.1 Å². The van der Waals surface area contributed by atoms with Crippen molar-refractivity contribution in [3.05, 3.63) is 40.3 Å². The summed E-state index contributed by atoms with van der Waals surface area (Å²) in [6.07, 6.45) is 5.21. The van der Waals surface area contributed by atoms with Crippen LogP contribution in [-0.4, -0.2) is 31.5 Å². The van der Waals surface area contributed by atoms with Crippen LogP contribution in [0.5, 0.6) is 0 Å². The molecule has 140 valence electrons. The van der Waals surface area contributed by atoms with E-state index < -0.39 is 29.9 Å². The molecule has 1 fully saturated rings. The molecule has 1 aliphatic rings. The summed E-state index contributed by atoms with van der Waals surface area (Å²) in [6, 6.07) is 4.18. The predicted octanol–water partition coefficient (Wildman–Crippen LogP) is 4.83. The Balaban J connectivity index is 2.43. The van der Waals surface area contributed by atoms with Gasteiger partial charge >= 0.3 is 7.12 Å². The largest absolute Gasteiger partial charge is 0.525 e. The Kier molecular flexibility index (Phi) is 6.52. The fraction of sp³-hybridized carbons (Fsp3) is 0.474. The summed E-state index contributed by atoms with van der Waals surface area (Å²) in [7, 11) is -1.25. The van der Waals surface area contributed by atoms with Crippen molar-refractivity contribution in [1.29, 1.82) is 0 Å². The molecule has 1 saturated heterocycles. The summed E-state index contributed by atoms with van der Waals surface area (Å²) in [5.74, 6) is 1.70. The third-order valence-electron chi connectivity index (χ3n) is 4.69. The average Bonchev–Trinajstić information content (AvgIpc) is 2.76. The van der Waals surface area contributed by atoms with Crippen molar-refractivity contribution in [2.75, 3.05) is 13.2 Å². The monoisotopic (exact) mass is 382 g/mol. The zero-order chi connectivity index (χ0) is 19.5. The van der Waals surface area contributed by atoms with Crippen molar-refractivity contribution >= 4 is 24.3 Å². The van der Waals surface area contributed by atoms with Gasteiger partial charge in [0.15, 0.2) is 0 Å². The Hall–Kier alpha value is -1.39. The van der Waals surface area contributed by atoms with Crippen LogP contribution in [0.3, 0.4) is 0 Å². The number of benzene rings is 1. The molecule has 7 heteroatoms. The van der Waals surface area contributed by atoms with Crippen molar-refractivity contribution in [1.82, 2.24) is 0 Å². The van der Waals surface area contributed by atoms with Gasteiger partial charge in [-0.3, -0.25) is 0 Å². The molecular weight excluding hydrogens is 360 g/mol. The summed E-state index contributed by atoms with van der Waals surface area (Å²) >= 11 is 6.13. The topological polar surface area (TPSA) is 27.7 Å². The van der Waals surface area contributed by atoms with E-state index in [9.17, 15) is 4.39 Å². The van der Waals surface area contributed by atoms with Crippen LogP contribution >= 0.6 is 11.6 Å². The van der Waals surface area contributed by atoms with Crippen molar-refractivity contribution in [2.24, 2.45) is 0 Å². The molecule has 0 aromatic heterocycles. The molecule has 2 rings (SSSR count). The zero-order valence-electron chi connectivity index (χ0n) is 15.4. The maximum atomic E-state index is 15.3. The molecule has 0 N–H and O–H groups in total. The van der Waals surface area contributed by atoms with Crippen LogP contribution < -0.4 is 0 Å². The Labute approximate surface area is 158 Å². The second-order valence-corrected chi connectivity index (χ2v) is 7.43. The Bertz CT molecular complexity index is 705. The highest BCUT2D eigenvalue weighted by Crippen LogP contribution is 2.41. The third-order valence-corrected chi connectivity index (χ3v) is 5.01. The molecule has 1 heterocycles. The Morgan fingerprint density at radius 3 is 2.42 bits per heavy atom. The highest BCUT2D eigenvalue weighted by Gasteiger charge is 2.53. The van der Waals surface area contributed by atoms with Gasteiger partial charge in [0.1, 0.15) is 18.2 Å². The molecule has 0 saturated carbocycles. The second kappa shape index (κ2) is 8.10. The minimum absolute atomic E-state index is 0.0225. The first kappa shape index (κ1) is 20.9. The fourth-order valence-electron chi connectivity index (χ4n) is 2.54.